The maximum atomic E-state index is 8.38. The molecule has 0 radical (unpaired) electrons. The molecule has 0 aliphatic heterocycles. The SMILES string of the molecule is CCCCC1=CC1CCCOP(C)OCCC#N. The van der Waals surface area contributed by atoms with Crippen molar-refractivity contribution in [3.8, 4) is 6.07 Å². The lowest BCUT2D eigenvalue weighted by molar-refractivity contribution is 0.251. The van der Waals surface area contributed by atoms with Crippen LogP contribution in [0.4, 0.5) is 0 Å². The van der Waals surface area contributed by atoms with Gasteiger partial charge in [0.2, 0.25) is 0 Å². The number of unbranched alkanes of at least 4 members (excludes halogenated alkanes) is 1. The third kappa shape index (κ3) is 7.11. The van der Waals surface area contributed by atoms with Crippen molar-refractivity contribution in [1.82, 2.24) is 0 Å². The minimum atomic E-state index is -0.791. The van der Waals surface area contributed by atoms with E-state index in [1.807, 2.05) is 6.66 Å². The molecule has 0 spiro atoms. The summed E-state index contributed by atoms with van der Waals surface area (Å²) in [5.74, 6) is 0.766. The Morgan fingerprint density at radius 3 is 2.83 bits per heavy atom. The second-order valence-corrected chi connectivity index (χ2v) is 6.00. The highest BCUT2D eigenvalue weighted by molar-refractivity contribution is 7.46. The molecule has 18 heavy (non-hydrogen) atoms. The summed E-state index contributed by atoms with van der Waals surface area (Å²) >= 11 is 0. The third-order valence-corrected chi connectivity index (χ3v) is 4.11. The fourth-order valence-corrected chi connectivity index (χ4v) is 2.69. The summed E-state index contributed by atoms with van der Waals surface area (Å²) in [5.41, 5.74) is 1.65. The molecule has 0 saturated heterocycles. The Balaban J connectivity index is 1.86. The first-order chi connectivity index (χ1) is 8.77. The van der Waals surface area contributed by atoms with Gasteiger partial charge in [-0.25, -0.2) is 0 Å². The minimum absolute atomic E-state index is 0.447. The van der Waals surface area contributed by atoms with Crippen LogP contribution >= 0.6 is 8.38 Å². The number of hydrogen-bond acceptors (Lipinski definition) is 3. The van der Waals surface area contributed by atoms with Crippen LogP contribution in [0.2, 0.25) is 0 Å². The van der Waals surface area contributed by atoms with E-state index in [9.17, 15) is 0 Å². The van der Waals surface area contributed by atoms with Gasteiger partial charge < -0.3 is 9.05 Å². The van der Waals surface area contributed by atoms with Crippen LogP contribution in [-0.2, 0) is 9.05 Å². The molecule has 3 nitrogen and oxygen atoms in total. The summed E-state index contributed by atoms with van der Waals surface area (Å²) in [7, 11) is -0.791. The van der Waals surface area contributed by atoms with Gasteiger partial charge in [0.1, 0.15) is 0 Å². The van der Waals surface area contributed by atoms with Crippen molar-refractivity contribution in [2.24, 2.45) is 5.92 Å². The molecule has 4 heteroatoms. The lowest BCUT2D eigenvalue weighted by Crippen LogP contribution is -1.95. The van der Waals surface area contributed by atoms with E-state index in [-0.39, 0.29) is 0 Å². The molecule has 0 fully saturated rings. The number of nitriles is 1. The van der Waals surface area contributed by atoms with Crippen molar-refractivity contribution < 1.29 is 9.05 Å². The van der Waals surface area contributed by atoms with Gasteiger partial charge in [0.15, 0.2) is 8.38 Å². The summed E-state index contributed by atoms with van der Waals surface area (Å²) in [6, 6.07) is 2.06. The van der Waals surface area contributed by atoms with Crippen LogP contribution < -0.4 is 0 Å². The average molecular weight is 269 g/mol. The average Bonchev–Trinajstić information content (AvgIpc) is 3.11. The van der Waals surface area contributed by atoms with Gasteiger partial charge in [-0.3, -0.25) is 0 Å². The molecule has 2 unspecified atom stereocenters. The van der Waals surface area contributed by atoms with E-state index in [1.54, 1.807) is 5.57 Å². The van der Waals surface area contributed by atoms with E-state index in [0.29, 0.717) is 13.0 Å². The second kappa shape index (κ2) is 9.50. The van der Waals surface area contributed by atoms with Gasteiger partial charge in [0.25, 0.3) is 0 Å². The molecule has 0 bridgehead atoms. The molecule has 1 aliphatic rings. The fourth-order valence-electron chi connectivity index (χ4n) is 1.88. The molecule has 0 aromatic heterocycles. The van der Waals surface area contributed by atoms with Crippen molar-refractivity contribution in [1.29, 1.82) is 5.26 Å². The zero-order valence-corrected chi connectivity index (χ0v) is 12.4. The molecule has 1 aliphatic carbocycles. The van der Waals surface area contributed by atoms with E-state index < -0.39 is 8.38 Å². The first kappa shape index (κ1) is 15.6. The summed E-state index contributed by atoms with van der Waals surface area (Å²) in [6.07, 6.45) is 9.07. The van der Waals surface area contributed by atoms with E-state index in [4.69, 9.17) is 14.3 Å². The van der Waals surface area contributed by atoms with Crippen molar-refractivity contribution >= 4 is 8.38 Å². The first-order valence-electron chi connectivity index (χ1n) is 6.85. The quantitative estimate of drug-likeness (QED) is 0.317. The van der Waals surface area contributed by atoms with Crippen LogP contribution in [0.5, 0.6) is 0 Å². The maximum absolute atomic E-state index is 8.38. The topological polar surface area (TPSA) is 42.2 Å². The number of allylic oxidation sites excluding steroid dienone is 2. The summed E-state index contributed by atoms with van der Waals surface area (Å²) < 4.78 is 11.0. The van der Waals surface area contributed by atoms with Gasteiger partial charge in [0, 0.05) is 6.66 Å². The summed E-state index contributed by atoms with van der Waals surface area (Å²) in [5, 5.41) is 8.38. The van der Waals surface area contributed by atoms with E-state index in [0.717, 1.165) is 18.9 Å². The molecule has 0 N–H and O–H groups in total. The predicted molar refractivity (Wildman–Crippen MR) is 75.3 cm³/mol. The Morgan fingerprint density at radius 1 is 1.33 bits per heavy atom. The Labute approximate surface area is 112 Å². The Bertz CT molecular complexity index is 299. The molecule has 2 atom stereocenters. The molecule has 0 saturated carbocycles. The largest absolute Gasteiger partial charge is 0.334 e. The lowest BCUT2D eigenvalue weighted by Gasteiger charge is -2.11. The smallest absolute Gasteiger partial charge is 0.167 e. The summed E-state index contributed by atoms with van der Waals surface area (Å²) in [6.45, 7) is 5.46. The first-order valence-corrected chi connectivity index (χ1v) is 8.47. The maximum Gasteiger partial charge on any atom is 0.167 e. The molecule has 0 aromatic rings. The Morgan fingerprint density at radius 2 is 2.11 bits per heavy atom. The van der Waals surface area contributed by atoms with Gasteiger partial charge in [-0.15, -0.1) is 0 Å². The number of nitrogens with zero attached hydrogens (tertiary/aromatic N) is 1. The van der Waals surface area contributed by atoms with Gasteiger partial charge in [-0.05, 0) is 31.6 Å². The zero-order chi connectivity index (χ0) is 13.2. The van der Waals surface area contributed by atoms with Gasteiger partial charge in [0.05, 0.1) is 25.7 Å². The van der Waals surface area contributed by atoms with Crippen molar-refractivity contribution in [2.45, 2.75) is 45.4 Å². The third-order valence-electron chi connectivity index (χ3n) is 3.02. The predicted octanol–water partition coefficient (Wildman–Crippen LogP) is 4.40. The van der Waals surface area contributed by atoms with Crippen molar-refractivity contribution in [2.75, 3.05) is 19.9 Å². The fraction of sp³-hybridized carbons (Fsp3) is 0.786. The van der Waals surface area contributed by atoms with Crippen LogP contribution in [0, 0.1) is 17.2 Å². The number of rotatable bonds is 11. The minimum Gasteiger partial charge on any atom is -0.334 e. The van der Waals surface area contributed by atoms with Crippen LogP contribution in [0.15, 0.2) is 11.6 Å². The van der Waals surface area contributed by atoms with E-state index in [1.165, 1.54) is 25.7 Å². The van der Waals surface area contributed by atoms with Crippen LogP contribution in [0.25, 0.3) is 0 Å². The molecule has 0 amide bonds. The highest BCUT2D eigenvalue weighted by Crippen LogP contribution is 2.38. The standard InChI is InChI=1S/C14H24NO2P/c1-3-4-7-13-12-14(13)8-5-10-16-18(2)17-11-6-9-15/h12,14H,3-8,10-11H2,1-2H3. The van der Waals surface area contributed by atoms with Gasteiger partial charge >= 0.3 is 0 Å². The van der Waals surface area contributed by atoms with Crippen LogP contribution in [0.3, 0.4) is 0 Å². The van der Waals surface area contributed by atoms with E-state index in [2.05, 4.69) is 19.1 Å². The van der Waals surface area contributed by atoms with Gasteiger partial charge in [-0.1, -0.05) is 25.0 Å². The normalized spacial score (nSPS) is 19.2. The van der Waals surface area contributed by atoms with E-state index >= 15 is 0 Å². The van der Waals surface area contributed by atoms with Crippen LogP contribution in [0.1, 0.15) is 45.4 Å². The highest BCUT2D eigenvalue weighted by atomic mass is 31.2. The highest BCUT2D eigenvalue weighted by Gasteiger charge is 2.22. The van der Waals surface area contributed by atoms with Crippen molar-refractivity contribution in [3.05, 3.63) is 11.6 Å². The molecule has 0 heterocycles. The van der Waals surface area contributed by atoms with Gasteiger partial charge in [-0.2, -0.15) is 5.26 Å². The van der Waals surface area contributed by atoms with Crippen LogP contribution in [-0.4, -0.2) is 19.9 Å². The molecule has 102 valence electrons. The monoisotopic (exact) mass is 269 g/mol. The molecule has 1 rings (SSSR count). The number of hydrogen-bond donors (Lipinski definition) is 0. The Kier molecular flexibility index (Phi) is 8.25. The lowest BCUT2D eigenvalue weighted by atomic mass is 10.1. The molecular weight excluding hydrogens is 245 g/mol. The second-order valence-electron chi connectivity index (χ2n) is 4.61. The molecule has 0 aromatic carbocycles. The summed E-state index contributed by atoms with van der Waals surface area (Å²) in [4.78, 5) is 0. The van der Waals surface area contributed by atoms with Crippen molar-refractivity contribution in [3.63, 3.8) is 0 Å². The Hall–Kier alpha value is -0.420. The molecular formula is C14H24NO2P. The zero-order valence-electron chi connectivity index (χ0n) is 11.5.